The maximum Gasteiger partial charge on any atom is 0.309 e. The molecule has 0 spiro atoms. The molecule has 6 nitrogen and oxygen atoms in total. The van der Waals surface area contributed by atoms with Crippen LogP contribution in [0.15, 0.2) is 16.9 Å². The zero-order chi connectivity index (χ0) is 14.4. The van der Waals surface area contributed by atoms with Gasteiger partial charge in [-0.3, -0.25) is 9.59 Å². The van der Waals surface area contributed by atoms with Crippen LogP contribution in [-0.4, -0.2) is 25.3 Å². The van der Waals surface area contributed by atoms with Gasteiger partial charge < -0.3 is 9.67 Å². The average molecular weight is 263 g/mol. The number of hydrogen-bond acceptors (Lipinski definition) is 3. The zero-order valence-corrected chi connectivity index (χ0v) is 11.5. The Balaban J connectivity index is 2.71. The molecule has 0 saturated carbocycles. The van der Waals surface area contributed by atoms with Crippen LogP contribution in [0.2, 0.25) is 0 Å². The summed E-state index contributed by atoms with van der Waals surface area (Å²) in [5.74, 6) is -0.963. The van der Waals surface area contributed by atoms with Crippen LogP contribution >= 0.6 is 0 Å². The summed E-state index contributed by atoms with van der Waals surface area (Å²) in [7, 11) is 1.74. The molecule has 0 amide bonds. The topological polar surface area (TPSA) is 76.6 Å². The zero-order valence-electron chi connectivity index (χ0n) is 11.5. The van der Waals surface area contributed by atoms with Crippen LogP contribution in [0.4, 0.5) is 0 Å². The minimum absolute atomic E-state index is 0.168. The third kappa shape index (κ3) is 2.38. The molecule has 0 aliphatic rings. The lowest BCUT2D eigenvalue weighted by Crippen LogP contribution is -2.21. The number of nitrogens with zero attached hydrogens (tertiary/aromatic N) is 3. The lowest BCUT2D eigenvalue weighted by atomic mass is 9.93. The summed E-state index contributed by atoms with van der Waals surface area (Å²) in [6.45, 7) is 6.03. The molecule has 0 bridgehead atoms. The summed E-state index contributed by atoms with van der Waals surface area (Å²) in [5, 5.41) is 13.2. The summed E-state index contributed by atoms with van der Waals surface area (Å²) < 4.78 is 3.00. The maximum absolute atomic E-state index is 12.0. The quantitative estimate of drug-likeness (QED) is 0.875. The highest BCUT2D eigenvalue weighted by Crippen LogP contribution is 2.21. The standard InChI is InChI=1S/C13H17N3O3/c1-13(2,3)9-7-10-15(4)8(6-12(18)19)5-11(17)16(10)14-9/h5,7H,6H2,1-4H3,(H,18,19). The van der Waals surface area contributed by atoms with Crippen LogP contribution in [0, 0.1) is 0 Å². The molecule has 6 heteroatoms. The molecule has 2 aromatic rings. The molecule has 0 unspecified atom stereocenters. The van der Waals surface area contributed by atoms with Crippen LogP contribution in [0.5, 0.6) is 0 Å². The van der Waals surface area contributed by atoms with Gasteiger partial charge in [-0.15, -0.1) is 0 Å². The first-order valence-corrected chi connectivity index (χ1v) is 6.01. The SMILES string of the molecule is Cn1c(CC(=O)O)cc(=O)n2nc(C(C)(C)C)cc12. The lowest BCUT2D eigenvalue weighted by molar-refractivity contribution is -0.136. The number of carboxylic acid groups (broad SMARTS) is 1. The smallest absolute Gasteiger partial charge is 0.309 e. The molecular formula is C13H17N3O3. The number of rotatable bonds is 2. The van der Waals surface area contributed by atoms with Gasteiger partial charge in [0.25, 0.3) is 5.56 Å². The predicted molar refractivity (Wildman–Crippen MR) is 70.5 cm³/mol. The molecule has 0 radical (unpaired) electrons. The van der Waals surface area contributed by atoms with Gasteiger partial charge in [0.15, 0.2) is 0 Å². The van der Waals surface area contributed by atoms with Crippen molar-refractivity contribution < 1.29 is 9.90 Å². The van der Waals surface area contributed by atoms with E-state index >= 15 is 0 Å². The fourth-order valence-electron chi connectivity index (χ4n) is 1.91. The van der Waals surface area contributed by atoms with E-state index in [0.29, 0.717) is 11.3 Å². The Morgan fingerprint density at radius 3 is 2.53 bits per heavy atom. The monoisotopic (exact) mass is 263 g/mol. The Kier molecular flexibility index (Phi) is 2.96. The normalized spacial score (nSPS) is 12.0. The molecule has 102 valence electrons. The molecule has 1 N–H and O–H groups in total. The van der Waals surface area contributed by atoms with Crippen molar-refractivity contribution in [2.24, 2.45) is 7.05 Å². The number of aromatic nitrogens is 3. The predicted octanol–water partition coefficient (Wildman–Crippen LogP) is 0.958. The van der Waals surface area contributed by atoms with Gasteiger partial charge in [-0.25, -0.2) is 0 Å². The van der Waals surface area contributed by atoms with Crippen molar-refractivity contribution in [1.29, 1.82) is 0 Å². The van der Waals surface area contributed by atoms with Gasteiger partial charge in [0, 0.05) is 30.3 Å². The summed E-state index contributed by atoms with van der Waals surface area (Å²) in [5.41, 5.74) is 1.39. The van der Waals surface area contributed by atoms with Crippen LogP contribution < -0.4 is 5.56 Å². The summed E-state index contributed by atoms with van der Waals surface area (Å²) in [6.07, 6.45) is -0.182. The van der Waals surface area contributed by atoms with Gasteiger partial charge in [0.2, 0.25) is 0 Å². The van der Waals surface area contributed by atoms with Crippen LogP contribution in [0.1, 0.15) is 32.2 Å². The Hall–Kier alpha value is -2.11. The second kappa shape index (κ2) is 4.22. The van der Waals surface area contributed by atoms with Crippen molar-refractivity contribution in [3.8, 4) is 0 Å². The summed E-state index contributed by atoms with van der Waals surface area (Å²) in [6, 6.07) is 3.15. The number of aryl methyl sites for hydroxylation is 1. The van der Waals surface area contributed by atoms with E-state index in [1.54, 1.807) is 11.6 Å². The van der Waals surface area contributed by atoms with E-state index in [2.05, 4.69) is 5.10 Å². The van der Waals surface area contributed by atoms with Crippen LogP contribution in [0.25, 0.3) is 5.65 Å². The van der Waals surface area contributed by atoms with Crippen molar-refractivity contribution in [3.05, 3.63) is 33.9 Å². The fraction of sp³-hybridized carbons (Fsp3) is 0.462. The van der Waals surface area contributed by atoms with Crippen LogP contribution in [-0.2, 0) is 23.7 Å². The lowest BCUT2D eigenvalue weighted by Gasteiger charge is -2.13. The van der Waals surface area contributed by atoms with Gasteiger partial charge in [-0.1, -0.05) is 20.8 Å². The van der Waals surface area contributed by atoms with Gasteiger partial charge in [-0.05, 0) is 0 Å². The molecule has 0 aliphatic heterocycles. The molecular weight excluding hydrogens is 246 g/mol. The van der Waals surface area contributed by atoms with E-state index in [1.807, 2.05) is 26.8 Å². The Labute approximate surface area is 110 Å². The van der Waals surface area contributed by atoms with Crippen molar-refractivity contribution in [1.82, 2.24) is 14.2 Å². The first kappa shape index (κ1) is 13.3. The largest absolute Gasteiger partial charge is 0.481 e. The summed E-state index contributed by atoms with van der Waals surface area (Å²) in [4.78, 5) is 22.8. The van der Waals surface area contributed by atoms with Crippen molar-refractivity contribution in [2.75, 3.05) is 0 Å². The highest BCUT2D eigenvalue weighted by Gasteiger charge is 2.20. The van der Waals surface area contributed by atoms with Gasteiger partial charge in [-0.2, -0.15) is 9.61 Å². The molecule has 0 atom stereocenters. The molecule has 19 heavy (non-hydrogen) atoms. The van der Waals surface area contributed by atoms with Crippen molar-refractivity contribution >= 4 is 11.6 Å². The first-order chi connectivity index (χ1) is 8.70. The van der Waals surface area contributed by atoms with E-state index in [0.717, 1.165) is 5.69 Å². The van der Waals surface area contributed by atoms with Gasteiger partial charge >= 0.3 is 5.97 Å². The molecule has 0 aliphatic carbocycles. The molecule has 2 rings (SSSR count). The van der Waals surface area contributed by atoms with Gasteiger partial charge in [0.1, 0.15) is 5.65 Å². The number of carboxylic acids is 1. The van der Waals surface area contributed by atoms with E-state index in [-0.39, 0.29) is 17.4 Å². The van der Waals surface area contributed by atoms with Crippen LogP contribution in [0.3, 0.4) is 0 Å². The highest BCUT2D eigenvalue weighted by atomic mass is 16.4. The number of carbonyl (C=O) groups is 1. The molecule has 0 aromatic carbocycles. The van der Waals surface area contributed by atoms with E-state index in [4.69, 9.17) is 5.11 Å². The van der Waals surface area contributed by atoms with Crippen molar-refractivity contribution in [2.45, 2.75) is 32.6 Å². The van der Waals surface area contributed by atoms with E-state index in [9.17, 15) is 9.59 Å². The number of hydrogen-bond donors (Lipinski definition) is 1. The third-order valence-electron chi connectivity index (χ3n) is 3.06. The van der Waals surface area contributed by atoms with E-state index < -0.39 is 5.97 Å². The second-order valence-electron chi connectivity index (χ2n) is 5.65. The van der Waals surface area contributed by atoms with E-state index in [1.165, 1.54) is 10.6 Å². The second-order valence-corrected chi connectivity index (χ2v) is 5.65. The number of fused-ring (bicyclic) bond motifs is 1. The Morgan fingerprint density at radius 1 is 1.37 bits per heavy atom. The maximum atomic E-state index is 12.0. The minimum Gasteiger partial charge on any atom is -0.481 e. The first-order valence-electron chi connectivity index (χ1n) is 6.01. The fourth-order valence-corrected chi connectivity index (χ4v) is 1.91. The number of aliphatic carboxylic acids is 1. The Bertz CT molecular complexity index is 704. The summed E-state index contributed by atoms with van der Waals surface area (Å²) >= 11 is 0. The van der Waals surface area contributed by atoms with Crippen molar-refractivity contribution in [3.63, 3.8) is 0 Å². The molecule has 0 fully saturated rings. The third-order valence-corrected chi connectivity index (χ3v) is 3.06. The Morgan fingerprint density at radius 2 is 2.00 bits per heavy atom. The molecule has 2 heterocycles. The van der Waals surface area contributed by atoms with Gasteiger partial charge in [0.05, 0.1) is 12.1 Å². The average Bonchev–Trinajstić information content (AvgIpc) is 2.69. The highest BCUT2D eigenvalue weighted by molar-refractivity contribution is 5.69. The molecule has 2 aromatic heterocycles. The minimum atomic E-state index is -0.963. The molecule has 0 saturated heterocycles.